The molecule has 2 aromatic carbocycles. The van der Waals surface area contributed by atoms with E-state index >= 15 is 0 Å². The zero-order valence-electron chi connectivity index (χ0n) is 11.7. The highest BCUT2D eigenvalue weighted by Gasteiger charge is 2.19. The molecule has 2 heterocycles. The summed E-state index contributed by atoms with van der Waals surface area (Å²) in [6.07, 6.45) is 2.07. The van der Waals surface area contributed by atoms with Crippen LogP contribution in [0.3, 0.4) is 0 Å². The van der Waals surface area contributed by atoms with E-state index in [9.17, 15) is 4.39 Å². The van der Waals surface area contributed by atoms with Gasteiger partial charge in [-0.3, -0.25) is 0 Å². The van der Waals surface area contributed by atoms with Crippen LogP contribution >= 0.6 is 0 Å². The van der Waals surface area contributed by atoms with Crippen molar-refractivity contribution in [2.24, 2.45) is 0 Å². The summed E-state index contributed by atoms with van der Waals surface area (Å²) < 4.78 is 17.4. The van der Waals surface area contributed by atoms with Gasteiger partial charge in [-0.2, -0.15) is 4.40 Å². The number of nitrogens with one attached hydrogen (secondary N) is 1. The fourth-order valence-electron chi connectivity index (χ4n) is 2.89. The predicted molar refractivity (Wildman–Crippen MR) is 80.5 cm³/mol. The minimum atomic E-state index is -0.217. The van der Waals surface area contributed by atoms with E-state index < -0.39 is 0 Å². The summed E-state index contributed by atoms with van der Waals surface area (Å²) in [5.74, 6) is 0.823. The number of H-pyrrole nitrogens is 1. The molecule has 3 nitrogen and oxygen atoms in total. The maximum absolute atomic E-state index is 13.1. The van der Waals surface area contributed by atoms with Gasteiger partial charge in [-0.05, 0) is 43.3 Å². The number of hydrogen-bond acceptors (Lipinski definition) is 0. The van der Waals surface area contributed by atoms with Crippen molar-refractivity contribution in [3.8, 4) is 11.3 Å². The molecule has 4 rings (SSSR count). The van der Waals surface area contributed by atoms with Gasteiger partial charge in [0.25, 0.3) is 0 Å². The number of aryl methyl sites for hydroxylation is 1. The molecule has 0 aliphatic carbocycles. The molecule has 0 saturated heterocycles. The minimum Gasteiger partial charge on any atom is -0.241 e. The molecule has 0 aliphatic rings. The lowest BCUT2D eigenvalue weighted by Gasteiger charge is -1.95. The van der Waals surface area contributed by atoms with Crippen LogP contribution < -0.4 is 4.57 Å². The first-order chi connectivity index (χ1) is 10.3. The number of halogens is 1. The van der Waals surface area contributed by atoms with Crippen molar-refractivity contribution in [1.82, 2.24) is 9.38 Å². The van der Waals surface area contributed by atoms with Crippen molar-refractivity contribution < 1.29 is 8.96 Å². The van der Waals surface area contributed by atoms with Crippen LogP contribution in [0.1, 0.15) is 6.92 Å². The summed E-state index contributed by atoms with van der Waals surface area (Å²) in [5, 5.41) is 0. The van der Waals surface area contributed by atoms with Crippen molar-refractivity contribution in [2.75, 3.05) is 0 Å². The van der Waals surface area contributed by atoms with E-state index in [1.54, 1.807) is 12.1 Å². The van der Waals surface area contributed by atoms with Gasteiger partial charge in [0.05, 0.1) is 6.54 Å². The van der Waals surface area contributed by atoms with Crippen LogP contribution in [0.4, 0.5) is 4.39 Å². The maximum atomic E-state index is 13.1. The lowest BCUT2D eigenvalue weighted by atomic mass is 10.2. The number of nitrogens with zero attached hydrogens (tertiary/aromatic N) is 2. The molecule has 2 aromatic heterocycles. The largest absolute Gasteiger partial charge is 0.368 e. The average Bonchev–Trinajstić information content (AvgIpc) is 3.05. The van der Waals surface area contributed by atoms with Crippen LogP contribution in [0.25, 0.3) is 28.1 Å². The monoisotopic (exact) mass is 280 g/mol. The predicted octanol–water partition coefficient (Wildman–Crippen LogP) is 3.53. The zero-order chi connectivity index (χ0) is 14.4. The summed E-state index contributed by atoms with van der Waals surface area (Å²) in [7, 11) is 0. The lowest BCUT2D eigenvalue weighted by Crippen LogP contribution is -2.32. The number of benzene rings is 2. The van der Waals surface area contributed by atoms with Crippen LogP contribution in [0.5, 0.6) is 0 Å². The quantitative estimate of drug-likeness (QED) is 0.543. The smallest absolute Gasteiger partial charge is 0.241 e. The van der Waals surface area contributed by atoms with Gasteiger partial charge in [-0.15, -0.1) is 0 Å². The molecule has 4 aromatic rings. The Balaban J connectivity index is 2.00. The topological polar surface area (TPSA) is 24.1 Å². The van der Waals surface area contributed by atoms with Crippen LogP contribution in [0.15, 0.2) is 54.7 Å². The van der Waals surface area contributed by atoms with Crippen molar-refractivity contribution in [1.29, 1.82) is 0 Å². The fourth-order valence-corrected chi connectivity index (χ4v) is 2.89. The highest BCUT2D eigenvalue weighted by molar-refractivity contribution is 5.76. The van der Waals surface area contributed by atoms with Crippen LogP contribution in [-0.2, 0) is 6.54 Å². The van der Waals surface area contributed by atoms with Gasteiger partial charge < -0.3 is 0 Å². The molecular weight excluding hydrogens is 265 g/mol. The second-order valence-electron chi connectivity index (χ2n) is 5.10. The Hall–Kier alpha value is -2.62. The second kappa shape index (κ2) is 4.45. The van der Waals surface area contributed by atoms with Gasteiger partial charge in [0.1, 0.15) is 28.7 Å². The van der Waals surface area contributed by atoms with Gasteiger partial charge >= 0.3 is 5.78 Å². The molecule has 1 N–H and O–H groups in total. The third-order valence-electron chi connectivity index (χ3n) is 3.89. The van der Waals surface area contributed by atoms with Gasteiger partial charge in [0, 0.05) is 5.56 Å². The molecule has 0 spiro atoms. The van der Waals surface area contributed by atoms with E-state index in [1.807, 2.05) is 6.07 Å². The Bertz CT molecular complexity index is 932. The number of fused-ring (bicyclic) bond motifs is 3. The van der Waals surface area contributed by atoms with Crippen molar-refractivity contribution in [2.45, 2.75) is 13.5 Å². The van der Waals surface area contributed by atoms with E-state index in [4.69, 9.17) is 0 Å². The molecule has 0 fully saturated rings. The summed E-state index contributed by atoms with van der Waals surface area (Å²) in [4.78, 5) is 3.44. The second-order valence-corrected chi connectivity index (χ2v) is 5.10. The lowest BCUT2D eigenvalue weighted by molar-refractivity contribution is -0.643. The normalized spacial score (nSPS) is 11.5. The van der Waals surface area contributed by atoms with Gasteiger partial charge in [0.15, 0.2) is 0 Å². The summed E-state index contributed by atoms with van der Waals surface area (Å²) in [6, 6.07) is 14.9. The molecule has 104 valence electrons. The molecule has 0 amide bonds. The highest BCUT2D eigenvalue weighted by Crippen LogP contribution is 2.22. The standard InChI is InChI=1S/C17H14FN3/c1-2-20-15-5-3-4-6-16(15)21-11-14(19-17(20)21)12-7-9-13(18)10-8-12/h3-11H,2H2,1H3/p+1. The number of aromatic nitrogens is 3. The highest BCUT2D eigenvalue weighted by atomic mass is 19.1. The molecule has 0 radical (unpaired) electrons. The van der Waals surface area contributed by atoms with E-state index in [0.29, 0.717) is 0 Å². The third kappa shape index (κ3) is 1.76. The molecule has 21 heavy (non-hydrogen) atoms. The Morgan fingerprint density at radius 2 is 1.86 bits per heavy atom. The van der Waals surface area contributed by atoms with Gasteiger partial charge in [0.2, 0.25) is 0 Å². The van der Waals surface area contributed by atoms with E-state index in [0.717, 1.165) is 23.6 Å². The summed E-state index contributed by atoms with van der Waals surface area (Å²) >= 11 is 0. The Labute approximate surface area is 121 Å². The Kier molecular flexibility index (Phi) is 2.57. The first kappa shape index (κ1) is 12.1. The number of imidazole rings is 2. The number of rotatable bonds is 2. The molecule has 4 heteroatoms. The number of hydrogen-bond donors (Lipinski definition) is 1. The number of para-hydroxylation sites is 2. The van der Waals surface area contributed by atoms with E-state index in [2.05, 4.69) is 45.3 Å². The average molecular weight is 280 g/mol. The van der Waals surface area contributed by atoms with Gasteiger partial charge in [-0.1, -0.05) is 12.1 Å². The van der Waals surface area contributed by atoms with Crippen molar-refractivity contribution in [3.63, 3.8) is 0 Å². The first-order valence-corrected chi connectivity index (χ1v) is 7.05. The van der Waals surface area contributed by atoms with Gasteiger partial charge in [-0.25, -0.2) is 13.9 Å². The van der Waals surface area contributed by atoms with Crippen LogP contribution in [0, 0.1) is 5.82 Å². The third-order valence-corrected chi connectivity index (χ3v) is 3.89. The Morgan fingerprint density at radius 3 is 2.62 bits per heavy atom. The van der Waals surface area contributed by atoms with Crippen LogP contribution in [0.2, 0.25) is 0 Å². The van der Waals surface area contributed by atoms with Crippen molar-refractivity contribution >= 4 is 16.8 Å². The summed E-state index contributed by atoms with van der Waals surface area (Å²) in [5.41, 5.74) is 4.33. The maximum Gasteiger partial charge on any atom is 0.368 e. The summed E-state index contributed by atoms with van der Waals surface area (Å²) in [6.45, 7) is 3.02. The number of aromatic amines is 1. The Morgan fingerprint density at radius 1 is 1.10 bits per heavy atom. The molecule has 0 atom stereocenters. The molecule has 0 saturated carbocycles. The zero-order valence-corrected chi connectivity index (χ0v) is 11.7. The fraction of sp³-hybridized carbons (Fsp3) is 0.118. The van der Waals surface area contributed by atoms with E-state index in [-0.39, 0.29) is 5.82 Å². The first-order valence-electron chi connectivity index (χ1n) is 7.05. The van der Waals surface area contributed by atoms with Crippen molar-refractivity contribution in [3.05, 3.63) is 60.5 Å². The van der Waals surface area contributed by atoms with Crippen LogP contribution in [-0.4, -0.2) is 9.38 Å². The molecule has 0 unspecified atom stereocenters. The minimum absolute atomic E-state index is 0.217. The molecular formula is C17H15FN3+. The SMILES string of the molecule is CC[n+]1c2ccccc2n2cc(-c3ccc(F)cc3)[nH]c21. The molecule has 0 aliphatic heterocycles. The molecule has 0 bridgehead atoms. The van der Waals surface area contributed by atoms with E-state index in [1.165, 1.54) is 23.2 Å².